The topological polar surface area (TPSA) is 50.8 Å². The zero-order valence-electron chi connectivity index (χ0n) is 18.4. The zero-order valence-corrected chi connectivity index (χ0v) is 18.4. The Morgan fingerprint density at radius 2 is 1.97 bits per heavy atom. The maximum atomic E-state index is 12.9. The molecule has 2 aliphatic rings. The number of likely N-dealkylation sites (tertiary alicyclic amines) is 1. The quantitative estimate of drug-likeness (QED) is 0.631. The van der Waals surface area contributed by atoms with E-state index in [1.807, 2.05) is 24.3 Å². The lowest BCUT2D eigenvalue weighted by molar-refractivity contribution is -0.143. The van der Waals surface area contributed by atoms with Crippen molar-refractivity contribution in [2.75, 3.05) is 32.1 Å². The maximum absolute atomic E-state index is 12.9. The Morgan fingerprint density at radius 1 is 1.17 bits per heavy atom. The van der Waals surface area contributed by atoms with Crippen molar-refractivity contribution in [3.05, 3.63) is 24.3 Å². The van der Waals surface area contributed by atoms with Crippen LogP contribution in [0.15, 0.2) is 24.3 Å². The Kier molecular flexibility index (Phi) is 7.96. The standard InChI is InChI=1S/C24H38N2O3/c1-19-8-6-14-24(18-19,28-3)23(27)25-21-10-12-22(13-11-21)29-17-7-16-26-15-5-4-9-20(26)2/h10-13,19-20H,4-9,14-18H2,1-3H3,(H,25,27)/t19-,20+,24+/m0/s1. The van der Waals surface area contributed by atoms with Crippen molar-refractivity contribution in [2.45, 2.75) is 76.9 Å². The minimum atomic E-state index is -0.696. The highest BCUT2D eigenvalue weighted by molar-refractivity contribution is 5.97. The molecule has 0 bridgehead atoms. The Balaban J connectivity index is 1.44. The smallest absolute Gasteiger partial charge is 0.256 e. The molecule has 1 N–H and O–H groups in total. The monoisotopic (exact) mass is 402 g/mol. The Hall–Kier alpha value is -1.59. The van der Waals surface area contributed by atoms with Gasteiger partial charge in [0.1, 0.15) is 11.4 Å². The summed E-state index contributed by atoms with van der Waals surface area (Å²) < 4.78 is 11.6. The van der Waals surface area contributed by atoms with E-state index in [4.69, 9.17) is 9.47 Å². The van der Waals surface area contributed by atoms with Gasteiger partial charge in [0.25, 0.3) is 5.91 Å². The second-order valence-electron chi connectivity index (χ2n) is 8.96. The first-order valence-corrected chi connectivity index (χ1v) is 11.4. The van der Waals surface area contributed by atoms with E-state index >= 15 is 0 Å². The van der Waals surface area contributed by atoms with Crippen LogP contribution in [0.1, 0.15) is 65.2 Å². The molecule has 0 spiro atoms. The number of amides is 1. The van der Waals surface area contributed by atoms with Gasteiger partial charge in [-0.05, 0) is 82.2 Å². The van der Waals surface area contributed by atoms with Crippen LogP contribution in [0.5, 0.6) is 5.75 Å². The lowest BCUT2D eigenvalue weighted by Gasteiger charge is -2.37. The number of piperidine rings is 1. The summed E-state index contributed by atoms with van der Waals surface area (Å²) in [5, 5.41) is 3.04. The first kappa shape index (κ1) is 22.1. The third-order valence-electron chi connectivity index (χ3n) is 6.67. The molecular weight excluding hydrogens is 364 g/mol. The molecule has 1 aliphatic heterocycles. The molecule has 0 radical (unpaired) electrons. The van der Waals surface area contributed by atoms with E-state index in [9.17, 15) is 4.79 Å². The Labute approximate surface area is 176 Å². The van der Waals surface area contributed by atoms with Crippen molar-refractivity contribution < 1.29 is 14.3 Å². The van der Waals surface area contributed by atoms with Crippen LogP contribution in [0.25, 0.3) is 0 Å². The number of nitrogens with zero attached hydrogens (tertiary/aromatic N) is 1. The fourth-order valence-electron chi connectivity index (χ4n) is 4.81. The SMILES string of the molecule is CO[C@]1(C(=O)Nc2ccc(OCCCN3CCCC[C@H]3C)cc2)CCC[C@H](C)C1. The number of hydrogen-bond acceptors (Lipinski definition) is 4. The molecule has 1 aliphatic carbocycles. The fraction of sp³-hybridized carbons (Fsp3) is 0.708. The van der Waals surface area contributed by atoms with Crippen LogP contribution in [0.3, 0.4) is 0 Å². The summed E-state index contributed by atoms with van der Waals surface area (Å²) in [6, 6.07) is 8.39. The fourth-order valence-corrected chi connectivity index (χ4v) is 4.81. The van der Waals surface area contributed by atoms with Gasteiger partial charge in [0.2, 0.25) is 0 Å². The van der Waals surface area contributed by atoms with Crippen LogP contribution >= 0.6 is 0 Å². The lowest BCUT2D eigenvalue weighted by atomic mass is 9.78. The van der Waals surface area contributed by atoms with Crippen LogP contribution in [0.2, 0.25) is 0 Å². The first-order chi connectivity index (χ1) is 14.0. The number of hydrogen-bond donors (Lipinski definition) is 1. The number of ether oxygens (including phenoxy) is 2. The summed E-state index contributed by atoms with van der Waals surface area (Å²) in [5.41, 5.74) is 0.0949. The molecule has 1 aromatic carbocycles. The van der Waals surface area contributed by atoms with E-state index in [1.54, 1.807) is 7.11 Å². The van der Waals surface area contributed by atoms with Gasteiger partial charge in [0.15, 0.2) is 0 Å². The van der Waals surface area contributed by atoms with Crippen molar-refractivity contribution in [2.24, 2.45) is 5.92 Å². The first-order valence-electron chi connectivity index (χ1n) is 11.4. The number of benzene rings is 1. The normalized spacial score (nSPS) is 28.1. The average molecular weight is 403 g/mol. The van der Waals surface area contributed by atoms with Gasteiger partial charge in [0.05, 0.1) is 6.61 Å². The lowest BCUT2D eigenvalue weighted by Crippen LogP contribution is -2.47. The average Bonchev–Trinajstić information content (AvgIpc) is 2.73. The summed E-state index contributed by atoms with van der Waals surface area (Å²) >= 11 is 0. The molecule has 1 heterocycles. The second-order valence-corrected chi connectivity index (χ2v) is 8.96. The van der Waals surface area contributed by atoms with E-state index in [2.05, 4.69) is 24.1 Å². The molecule has 3 atom stereocenters. The van der Waals surface area contributed by atoms with Gasteiger partial charge < -0.3 is 19.7 Å². The summed E-state index contributed by atoms with van der Waals surface area (Å²) in [6.07, 6.45) is 8.81. The molecule has 1 amide bonds. The van der Waals surface area contributed by atoms with Crippen molar-refractivity contribution in [1.29, 1.82) is 0 Å². The predicted octanol–water partition coefficient (Wildman–Crippen LogP) is 4.86. The molecule has 0 unspecified atom stereocenters. The van der Waals surface area contributed by atoms with Gasteiger partial charge in [-0.15, -0.1) is 0 Å². The molecular formula is C24H38N2O3. The van der Waals surface area contributed by atoms with E-state index in [-0.39, 0.29) is 5.91 Å². The predicted molar refractivity (Wildman–Crippen MR) is 117 cm³/mol. The largest absolute Gasteiger partial charge is 0.494 e. The highest BCUT2D eigenvalue weighted by Gasteiger charge is 2.41. The number of carbonyl (C=O) groups excluding carboxylic acids is 1. The third kappa shape index (κ3) is 5.95. The molecule has 5 nitrogen and oxygen atoms in total. The minimum absolute atomic E-state index is 0.0316. The van der Waals surface area contributed by atoms with E-state index in [0.717, 1.165) is 50.3 Å². The van der Waals surface area contributed by atoms with Crippen molar-refractivity contribution in [1.82, 2.24) is 4.90 Å². The zero-order chi connectivity index (χ0) is 20.7. The van der Waals surface area contributed by atoms with E-state index in [0.29, 0.717) is 12.0 Å². The van der Waals surface area contributed by atoms with Crippen LogP contribution in [0.4, 0.5) is 5.69 Å². The second kappa shape index (κ2) is 10.4. The highest BCUT2D eigenvalue weighted by atomic mass is 16.5. The number of anilines is 1. The summed E-state index contributed by atoms with van der Waals surface area (Å²) in [6.45, 7) is 7.57. The Bertz CT molecular complexity index is 648. The molecule has 0 aromatic heterocycles. The van der Waals surface area contributed by atoms with E-state index in [1.165, 1.54) is 32.2 Å². The number of carbonyl (C=O) groups is 1. The minimum Gasteiger partial charge on any atom is -0.494 e. The van der Waals surface area contributed by atoms with Crippen LogP contribution in [0, 0.1) is 5.92 Å². The number of rotatable bonds is 8. The van der Waals surface area contributed by atoms with Gasteiger partial charge in [-0.3, -0.25) is 4.79 Å². The van der Waals surface area contributed by atoms with Crippen LogP contribution < -0.4 is 10.1 Å². The van der Waals surface area contributed by atoms with Crippen molar-refractivity contribution in [3.63, 3.8) is 0 Å². The molecule has 29 heavy (non-hydrogen) atoms. The van der Waals surface area contributed by atoms with Crippen LogP contribution in [-0.2, 0) is 9.53 Å². The van der Waals surface area contributed by atoms with Gasteiger partial charge in [-0.2, -0.15) is 0 Å². The maximum Gasteiger partial charge on any atom is 0.256 e. The molecule has 1 aromatic rings. The molecule has 1 saturated carbocycles. The van der Waals surface area contributed by atoms with Crippen molar-refractivity contribution >= 4 is 11.6 Å². The molecule has 5 heteroatoms. The van der Waals surface area contributed by atoms with Gasteiger partial charge >= 0.3 is 0 Å². The van der Waals surface area contributed by atoms with Gasteiger partial charge in [-0.25, -0.2) is 0 Å². The van der Waals surface area contributed by atoms with Gasteiger partial charge in [-0.1, -0.05) is 19.8 Å². The van der Waals surface area contributed by atoms with Gasteiger partial charge in [0, 0.05) is 25.4 Å². The summed E-state index contributed by atoms with van der Waals surface area (Å²) in [7, 11) is 1.65. The van der Waals surface area contributed by atoms with E-state index < -0.39 is 5.60 Å². The van der Waals surface area contributed by atoms with Crippen molar-refractivity contribution in [3.8, 4) is 5.75 Å². The highest BCUT2D eigenvalue weighted by Crippen LogP contribution is 2.35. The van der Waals surface area contributed by atoms with Crippen LogP contribution in [-0.4, -0.2) is 49.3 Å². The molecule has 1 saturated heterocycles. The molecule has 162 valence electrons. The molecule has 2 fully saturated rings. The summed E-state index contributed by atoms with van der Waals surface area (Å²) in [5.74, 6) is 1.33. The Morgan fingerprint density at radius 3 is 2.66 bits per heavy atom. The number of methoxy groups -OCH3 is 1. The summed E-state index contributed by atoms with van der Waals surface area (Å²) in [4.78, 5) is 15.4. The number of nitrogens with one attached hydrogen (secondary N) is 1. The third-order valence-corrected chi connectivity index (χ3v) is 6.67. The molecule has 3 rings (SSSR count).